The van der Waals surface area contributed by atoms with E-state index in [1.54, 1.807) is 0 Å². The van der Waals surface area contributed by atoms with Gasteiger partial charge in [-0.05, 0) is 18.9 Å². The summed E-state index contributed by atoms with van der Waals surface area (Å²) in [4.78, 5) is 25.8. The number of aromatic amines is 1. The lowest BCUT2D eigenvalue weighted by Crippen LogP contribution is -2.38. The summed E-state index contributed by atoms with van der Waals surface area (Å²) in [6.45, 7) is 0. The van der Waals surface area contributed by atoms with Gasteiger partial charge in [-0.1, -0.05) is 30.9 Å². The van der Waals surface area contributed by atoms with Crippen LogP contribution in [0.3, 0.4) is 0 Å². The quantitative estimate of drug-likeness (QED) is 0.849. The molecule has 92 valence electrons. The number of halogens is 1. The van der Waals surface area contributed by atoms with Gasteiger partial charge in [-0.15, -0.1) is 0 Å². The second-order valence-electron chi connectivity index (χ2n) is 4.37. The van der Waals surface area contributed by atoms with Gasteiger partial charge in [-0.25, -0.2) is 0 Å². The van der Waals surface area contributed by atoms with E-state index in [-0.39, 0.29) is 17.5 Å². The number of pyridine rings is 1. The van der Waals surface area contributed by atoms with E-state index < -0.39 is 5.56 Å². The summed E-state index contributed by atoms with van der Waals surface area (Å²) < 4.78 is 0. The van der Waals surface area contributed by atoms with Crippen molar-refractivity contribution in [1.29, 1.82) is 0 Å². The Labute approximate surface area is 104 Å². The van der Waals surface area contributed by atoms with Crippen molar-refractivity contribution in [3.8, 4) is 0 Å². The lowest BCUT2D eigenvalue weighted by Gasteiger charge is -2.22. The monoisotopic (exact) mass is 254 g/mol. The Bertz CT molecular complexity index is 464. The number of hydrogen-bond acceptors (Lipinski definition) is 2. The molecule has 17 heavy (non-hydrogen) atoms. The fourth-order valence-electron chi connectivity index (χ4n) is 2.14. The van der Waals surface area contributed by atoms with Gasteiger partial charge in [0.2, 0.25) is 0 Å². The van der Waals surface area contributed by atoms with E-state index in [9.17, 15) is 9.59 Å². The van der Waals surface area contributed by atoms with Crippen molar-refractivity contribution in [2.45, 2.75) is 38.1 Å². The van der Waals surface area contributed by atoms with Gasteiger partial charge in [0.1, 0.15) is 5.56 Å². The molecule has 4 nitrogen and oxygen atoms in total. The van der Waals surface area contributed by atoms with Gasteiger partial charge in [0, 0.05) is 12.2 Å². The van der Waals surface area contributed by atoms with Crippen LogP contribution >= 0.6 is 11.6 Å². The van der Waals surface area contributed by atoms with Crippen LogP contribution in [-0.4, -0.2) is 16.9 Å². The summed E-state index contributed by atoms with van der Waals surface area (Å²) in [5.74, 6) is -0.333. The van der Waals surface area contributed by atoms with Crippen LogP contribution in [-0.2, 0) is 0 Å². The van der Waals surface area contributed by atoms with Crippen LogP contribution in [0.15, 0.2) is 17.1 Å². The molecule has 0 aliphatic heterocycles. The Morgan fingerprint density at radius 1 is 1.35 bits per heavy atom. The third-order valence-electron chi connectivity index (χ3n) is 3.05. The highest BCUT2D eigenvalue weighted by Crippen LogP contribution is 2.17. The van der Waals surface area contributed by atoms with Crippen molar-refractivity contribution < 1.29 is 4.79 Å². The molecule has 1 aromatic heterocycles. The van der Waals surface area contributed by atoms with Crippen LogP contribution in [0.4, 0.5) is 0 Å². The third kappa shape index (κ3) is 3.09. The second-order valence-corrected chi connectivity index (χ2v) is 4.81. The number of rotatable bonds is 2. The lowest BCUT2D eigenvalue weighted by molar-refractivity contribution is 0.0926. The first-order chi connectivity index (χ1) is 8.16. The Morgan fingerprint density at radius 3 is 2.76 bits per heavy atom. The number of hydrogen-bond donors (Lipinski definition) is 2. The fourth-order valence-corrected chi connectivity index (χ4v) is 2.30. The molecule has 1 aromatic rings. The zero-order valence-electron chi connectivity index (χ0n) is 9.46. The number of carbonyl (C=O) groups excluding carboxylic acids is 1. The Morgan fingerprint density at radius 2 is 2.06 bits per heavy atom. The first kappa shape index (κ1) is 12.2. The van der Waals surface area contributed by atoms with Gasteiger partial charge in [-0.2, -0.15) is 0 Å². The van der Waals surface area contributed by atoms with Crippen molar-refractivity contribution in [3.05, 3.63) is 33.2 Å². The summed E-state index contributed by atoms with van der Waals surface area (Å²) in [5.41, 5.74) is -0.314. The van der Waals surface area contributed by atoms with Gasteiger partial charge in [-0.3, -0.25) is 9.59 Å². The van der Waals surface area contributed by atoms with Crippen LogP contribution in [0.5, 0.6) is 0 Å². The molecule has 0 atom stereocenters. The maximum Gasteiger partial charge on any atom is 0.260 e. The van der Waals surface area contributed by atoms with Crippen LogP contribution in [0.1, 0.15) is 42.5 Å². The zero-order valence-corrected chi connectivity index (χ0v) is 10.2. The van der Waals surface area contributed by atoms with Crippen molar-refractivity contribution >= 4 is 17.5 Å². The molecule has 2 N–H and O–H groups in total. The number of aromatic nitrogens is 1. The highest BCUT2D eigenvalue weighted by molar-refractivity contribution is 6.30. The minimum absolute atomic E-state index is 0.0862. The molecular weight excluding hydrogens is 240 g/mol. The maximum absolute atomic E-state index is 11.9. The Kier molecular flexibility index (Phi) is 3.84. The smallest absolute Gasteiger partial charge is 0.260 e. The van der Waals surface area contributed by atoms with Crippen LogP contribution in [0.2, 0.25) is 5.02 Å². The van der Waals surface area contributed by atoms with Crippen LogP contribution < -0.4 is 10.9 Å². The minimum Gasteiger partial charge on any atom is -0.349 e. The number of H-pyrrole nitrogens is 1. The summed E-state index contributed by atoms with van der Waals surface area (Å²) in [7, 11) is 0. The summed E-state index contributed by atoms with van der Waals surface area (Å²) in [6, 6.07) is 1.59. The molecule has 1 amide bonds. The predicted molar refractivity (Wildman–Crippen MR) is 66.4 cm³/mol. The van der Waals surface area contributed by atoms with E-state index in [0.717, 1.165) is 25.7 Å². The van der Waals surface area contributed by atoms with Gasteiger partial charge in [0.05, 0.1) is 5.02 Å². The molecule has 1 aliphatic rings. The van der Waals surface area contributed by atoms with Gasteiger partial charge < -0.3 is 10.3 Å². The number of amides is 1. The molecule has 0 unspecified atom stereocenters. The second kappa shape index (κ2) is 5.36. The maximum atomic E-state index is 11.9. The van der Waals surface area contributed by atoms with Crippen molar-refractivity contribution in [2.24, 2.45) is 0 Å². The molecular formula is C12H15ClN2O2. The average molecular weight is 255 g/mol. The van der Waals surface area contributed by atoms with Crippen molar-refractivity contribution in [1.82, 2.24) is 10.3 Å². The molecule has 1 saturated carbocycles. The standard InChI is InChI=1S/C12H15ClN2O2/c13-8-6-10(11(16)14-7-8)12(17)15-9-4-2-1-3-5-9/h6-7,9H,1-5H2,(H,14,16)(H,15,17). The predicted octanol–water partition coefficient (Wildman–Crippen LogP) is 2.09. The Balaban J connectivity index is 2.08. The molecule has 0 saturated heterocycles. The van der Waals surface area contributed by atoms with E-state index in [4.69, 9.17) is 11.6 Å². The van der Waals surface area contributed by atoms with Crippen molar-refractivity contribution in [2.75, 3.05) is 0 Å². The molecule has 1 heterocycles. The molecule has 2 rings (SSSR count). The van der Waals surface area contributed by atoms with E-state index in [1.165, 1.54) is 18.7 Å². The van der Waals surface area contributed by atoms with E-state index >= 15 is 0 Å². The SMILES string of the molecule is O=C(NC1CCCCC1)c1cc(Cl)c[nH]c1=O. The molecule has 0 spiro atoms. The zero-order chi connectivity index (χ0) is 12.3. The summed E-state index contributed by atoms with van der Waals surface area (Å²) in [6.07, 6.45) is 6.85. The largest absolute Gasteiger partial charge is 0.349 e. The lowest BCUT2D eigenvalue weighted by atomic mass is 9.95. The molecule has 0 aromatic carbocycles. The van der Waals surface area contributed by atoms with E-state index in [1.807, 2.05) is 0 Å². The summed E-state index contributed by atoms with van der Waals surface area (Å²) in [5, 5.41) is 3.25. The molecule has 0 bridgehead atoms. The van der Waals surface area contributed by atoms with Gasteiger partial charge >= 0.3 is 0 Å². The van der Waals surface area contributed by atoms with Crippen LogP contribution in [0.25, 0.3) is 0 Å². The minimum atomic E-state index is -0.400. The van der Waals surface area contributed by atoms with Gasteiger partial charge in [0.25, 0.3) is 11.5 Å². The number of carbonyl (C=O) groups is 1. The normalized spacial score (nSPS) is 16.8. The first-order valence-electron chi connectivity index (χ1n) is 5.86. The third-order valence-corrected chi connectivity index (χ3v) is 3.27. The number of nitrogens with one attached hydrogen (secondary N) is 2. The molecule has 0 radical (unpaired) electrons. The van der Waals surface area contributed by atoms with E-state index in [2.05, 4.69) is 10.3 Å². The summed E-state index contributed by atoms with van der Waals surface area (Å²) >= 11 is 5.75. The van der Waals surface area contributed by atoms with Crippen molar-refractivity contribution in [3.63, 3.8) is 0 Å². The fraction of sp³-hybridized carbons (Fsp3) is 0.500. The highest BCUT2D eigenvalue weighted by Gasteiger charge is 2.18. The average Bonchev–Trinajstić information content (AvgIpc) is 2.33. The molecule has 5 heteroatoms. The first-order valence-corrected chi connectivity index (χ1v) is 6.24. The highest BCUT2D eigenvalue weighted by atomic mass is 35.5. The molecule has 1 fully saturated rings. The van der Waals surface area contributed by atoms with Gasteiger partial charge in [0.15, 0.2) is 0 Å². The molecule has 1 aliphatic carbocycles. The van der Waals surface area contributed by atoms with E-state index in [0.29, 0.717) is 5.02 Å². The Hall–Kier alpha value is -1.29. The van der Waals surface area contributed by atoms with Crippen LogP contribution in [0, 0.1) is 0 Å². The topological polar surface area (TPSA) is 62.0 Å².